The molecule has 0 unspecified atom stereocenters. The number of thiocarbonyl (C=S) groups is 1. The summed E-state index contributed by atoms with van der Waals surface area (Å²) in [5.74, 6) is -1.78. The summed E-state index contributed by atoms with van der Waals surface area (Å²) in [7, 11) is 0. The van der Waals surface area contributed by atoms with E-state index in [0.29, 0.717) is 23.5 Å². The highest BCUT2D eigenvalue weighted by Gasteiger charge is 2.50. The van der Waals surface area contributed by atoms with Gasteiger partial charge in [0.15, 0.2) is 5.11 Å². The summed E-state index contributed by atoms with van der Waals surface area (Å²) in [6, 6.07) is 11.4. The molecule has 2 aromatic heterocycles. The van der Waals surface area contributed by atoms with Gasteiger partial charge in [-0.15, -0.1) is 0 Å². The number of fused-ring (bicyclic) bond motifs is 5. The predicted octanol–water partition coefficient (Wildman–Crippen LogP) is 2.81. The standard InChI is InChI=1S/C29H28N4O6S/c1-2-29(39-23(34)13-30-28(40)32-25(35)16-7-3-4-8-16)20-12-22-24-18(11-17-9-5-6-10-21(17)31-24)14-33(22)26(36)19(20)15-38-27(29)37/h5-6,9-12,16H,2-4,7-8,13-15H2,1H3,(H2,30,32,35,40)/t29-/m0/s1. The van der Waals surface area contributed by atoms with Gasteiger partial charge in [0.05, 0.1) is 29.0 Å². The maximum atomic E-state index is 13.6. The minimum atomic E-state index is -1.81. The van der Waals surface area contributed by atoms with Gasteiger partial charge < -0.3 is 24.7 Å². The first-order chi connectivity index (χ1) is 19.3. The van der Waals surface area contributed by atoms with Crippen LogP contribution in [0.3, 0.4) is 0 Å². The normalized spacial score (nSPS) is 19.4. The number of ether oxygens (including phenoxy) is 2. The summed E-state index contributed by atoms with van der Waals surface area (Å²) in [5, 5.41) is 6.28. The van der Waals surface area contributed by atoms with Gasteiger partial charge in [0.25, 0.3) is 5.56 Å². The number of rotatable bonds is 5. The average Bonchev–Trinajstić information content (AvgIpc) is 3.61. The second kappa shape index (κ2) is 10.1. The lowest BCUT2D eigenvalue weighted by atomic mass is 9.85. The molecule has 11 heteroatoms. The SMILES string of the molecule is CC[C@@]1(OC(=O)CNC(=S)NC(=O)C2CCCC2)C(=O)OCc2c1cc1n(c2=O)Cc2cc3ccccc3nc2-1. The maximum Gasteiger partial charge on any atom is 0.355 e. The van der Waals surface area contributed by atoms with Gasteiger partial charge in [-0.2, -0.15) is 0 Å². The number of hydrogen-bond acceptors (Lipinski definition) is 8. The Labute approximate surface area is 235 Å². The predicted molar refractivity (Wildman–Crippen MR) is 149 cm³/mol. The van der Waals surface area contributed by atoms with Crippen LogP contribution < -0.4 is 16.2 Å². The van der Waals surface area contributed by atoms with Crippen molar-refractivity contribution in [1.82, 2.24) is 20.2 Å². The first-order valence-corrected chi connectivity index (χ1v) is 13.9. The quantitative estimate of drug-likeness (QED) is 0.280. The highest BCUT2D eigenvalue weighted by molar-refractivity contribution is 7.80. The highest BCUT2D eigenvalue weighted by Crippen LogP contribution is 2.40. The van der Waals surface area contributed by atoms with E-state index in [-0.39, 0.29) is 47.6 Å². The Bertz CT molecular complexity index is 1640. The molecule has 6 rings (SSSR count). The number of carbonyl (C=O) groups is 3. The molecule has 10 nitrogen and oxygen atoms in total. The number of para-hydroxylation sites is 1. The molecule has 0 saturated heterocycles. The third kappa shape index (κ3) is 4.34. The van der Waals surface area contributed by atoms with Crippen LogP contribution in [0.5, 0.6) is 0 Å². The van der Waals surface area contributed by atoms with Gasteiger partial charge in [0.1, 0.15) is 13.2 Å². The van der Waals surface area contributed by atoms with E-state index < -0.39 is 17.5 Å². The molecule has 1 aliphatic carbocycles. The third-order valence-electron chi connectivity index (χ3n) is 8.03. The molecule has 2 aliphatic heterocycles. The van der Waals surface area contributed by atoms with E-state index in [1.807, 2.05) is 30.3 Å². The molecule has 206 valence electrons. The second-order valence-corrected chi connectivity index (χ2v) is 10.8. The number of aromatic nitrogens is 2. The van der Waals surface area contributed by atoms with Crippen LogP contribution in [0.25, 0.3) is 22.3 Å². The summed E-state index contributed by atoms with van der Waals surface area (Å²) < 4.78 is 12.8. The summed E-state index contributed by atoms with van der Waals surface area (Å²) in [5.41, 5.74) is 1.33. The number of cyclic esters (lactones) is 1. The fraction of sp³-hybridized carbons (Fsp3) is 0.379. The van der Waals surface area contributed by atoms with Crippen molar-refractivity contribution in [2.45, 2.75) is 57.8 Å². The molecule has 0 radical (unpaired) electrons. The van der Waals surface area contributed by atoms with Crippen LogP contribution in [-0.2, 0) is 42.6 Å². The minimum absolute atomic E-state index is 0.0111. The van der Waals surface area contributed by atoms with Crippen LogP contribution in [0, 0.1) is 5.92 Å². The van der Waals surface area contributed by atoms with E-state index in [1.54, 1.807) is 17.6 Å². The van der Waals surface area contributed by atoms with Crippen LogP contribution in [0.2, 0.25) is 0 Å². The number of nitrogens with zero attached hydrogens (tertiary/aromatic N) is 2. The lowest BCUT2D eigenvalue weighted by molar-refractivity contribution is -0.188. The number of nitrogens with one attached hydrogen (secondary N) is 2. The number of carbonyl (C=O) groups excluding carboxylic acids is 3. The molecule has 3 aromatic rings. The van der Waals surface area contributed by atoms with Crippen molar-refractivity contribution in [2.75, 3.05) is 6.54 Å². The van der Waals surface area contributed by atoms with Crippen LogP contribution in [0.4, 0.5) is 0 Å². The zero-order valence-corrected chi connectivity index (χ0v) is 22.8. The van der Waals surface area contributed by atoms with E-state index in [4.69, 9.17) is 26.7 Å². The summed E-state index contributed by atoms with van der Waals surface area (Å²) >= 11 is 5.18. The Kier molecular flexibility index (Phi) is 6.61. The smallest absolute Gasteiger partial charge is 0.355 e. The third-order valence-corrected chi connectivity index (χ3v) is 8.28. The van der Waals surface area contributed by atoms with Crippen LogP contribution in [0.15, 0.2) is 41.2 Å². The van der Waals surface area contributed by atoms with E-state index >= 15 is 0 Å². The fourth-order valence-corrected chi connectivity index (χ4v) is 6.08. The molecule has 1 amide bonds. The van der Waals surface area contributed by atoms with Crippen LogP contribution >= 0.6 is 12.2 Å². The lowest BCUT2D eigenvalue weighted by Gasteiger charge is -2.35. The Balaban J connectivity index is 1.28. The van der Waals surface area contributed by atoms with Gasteiger partial charge in [-0.1, -0.05) is 38.0 Å². The van der Waals surface area contributed by atoms with Crippen molar-refractivity contribution < 1.29 is 23.9 Å². The molecule has 4 heterocycles. The van der Waals surface area contributed by atoms with E-state index in [1.165, 1.54) is 0 Å². The van der Waals surface area contributed by atoms with Gasteiger partial charge >= 0.3 is 11.9 Å². The molecule has 40 heavy (non-hydrogen) atoms. The van der Waals surface area contributed by atoms with Crippen molar-refractivity contribution in [3.8, 4) is 11.4 Å². The molecule has 3 aliphatic rings. The number of benzene rings is 1. The largest absolute Gasteiger partial charge is 0.457 e. The molecule has 1 fully saturated rings. The summed E-state index contributed by atoms with van der Waals surface area (Å²) in [6.07, 6.45) is 3.70. The molecule has 0 bridgehead atoms. The number of hydrogen-bond donors (Lipinski definition) is 2. The zero-order chi connectivity index (χ0) is 28.0. The van der Waals surface area contributed by atoms with Crippen molar-refractivity contribution in [2.24, 2.45) is 5.92 Å². The van der Waals surface area contributed by atoms with E-state index in [0.717, 1.165) is 42.1 Å². The molecular weight excluding hydrogens is 532 g/mol. The van der Waals surface area contributed by atoms with E-state index in [2.05, 4.69) is 10.6 Å². The molecule has 1 aromatic carbocycles. The molecular formula is C29H28N4O6S. The van der Waals surface area contributed by atoms with Gasteiger partial charge in [-0.3, -0.25) is 14.4 Å². The first kappa shape index (κ1) is 26.1. The zero-order valence-electron chi connectivity index (χ0n) is 22.0. The number of pyridine rings is 2. The Morgan fingerprint density at radius 2 is 1.98 bits per heavy atom. The van der Waals surface area contributed by atoms with Crippen molar-refractivity contribution >= 4 is 46.1 Å². The molecule has 1 atom stereocenters. The molecule has 0 spiro atoms. The lowest BCUT2D eigenvalue weighted by Crippen LogP contribution is -2.49. The van der Waals surface area contributed by atoms with Gasteiger partial charge in [0.2, 0.25) is 11.5 Å². The monoisotopic (exact) mass is 560 g/mol. The van der Waals surface area contributed by atoms with Crippen molar-refractivity contribution in [1.29, 1.82) is 0 Å². The highest BCUT2D eigenvalue weighted by atomic mass is 32.1. The number of esters is 2. The topological polar surface area (TPSA) is 129 Å². The van der Waals surface area contributed by atoms with Gasteiger partial charge in [0, 0.05) is 22.4 Å². The molecule has 1 saturated carbocycles. The Morgan fingerprint density at radius 3 is 2.75 bits per heavy atom. The Hall–Kier alpha value is -4.12. The summed E-state index contributed by atoms with van der Waals surface area (Å²) in [6.45, 7) is 1.44. The average molecular weight is 561 g/mol. The van der Waals surface area contributed by atoms with Crippen LogP contribution in [-0.4, -0.2) is 39.1 Å². The Morgan fingerprint density at radius 1 is 1.20 bits per heavy atom. The maximum absolute atomic E-state index is 13.6. The van der Waals surface area contributed by atoms with Crippen molar-refractivity contribution in [3.63, 3.8) is 0 Å². The summed E-state index contributed by atoms with van der Waals surface area (Å²) in [4.78, 5) is 56.9. The van der Waals surface area contributed by atoms with E-state index in [9.17, 15) is 19.2 Å². The fourth-order valence-electron chi connectivity index (χ4n) is 5.91. The second-order valence-electron chi connectivity index (χ2n) is 10.4. The van der Waals surface area contributed by atoms with Gasteiger partial charge in [-0.25, -0.2) is 9.78 Å². The van der Waals surface area contributed by atoms with Crippen LogP contribution in [0.1, 0.15) is 55.7 Å². The number of amides is 1. The molecule has 2 N–H and O–H groups in total. The first-order valence-electron chi connectivity index (χ1n) is 13.4. The van der Waals surface area contributed by atoms with Crippen molar-refractivity contribution in [3.05, 3.63) is 63.4 Å². The minimum Gasteiger partial charge on any atom is -0.457 e. The van der Waals surface area contributed by atoms with Gasteiger partial charge in [-0.05, 0) is 49.7 Å².